The van der Waals surface area contributed by atoms with E-state index in [0.29, 0.717) is 11.4 Å². The zero-order valence-electron chi connectivity index (χ0n) is 13.3. The predicted molar refractivity (Wildman–Crippen MR) is 88.7 cm³/mol. The van der Waals surface area contributed by atoms with Crippen LogP contribution in [0.5, 0.6) is 5.75 Å². The second kappa shape index (κ2) is 8.18. The molecule has 2 aromatic rings. The highest BCUT2D eigenvalue weighted by molar-refractivity contribution is 5.85. The number of methoxy groups -OCH3 is 1. The van der Waals surface area contributed by atoms with E-state index in [4.69, 9.17) is 4.74 Å². The minimum Gasteiger partial charge on any atom is -0.497 e. The van der Waals surface area contributed by atoms with E-state index >= 15 is 0 Å². The molecule has 0 fully saturated rings. The number of amides is 1. The molecule has 25 heavy (non-hydrogen) atoms. The molecule has 0 aliphatic carbocycles. The summed E-state index contributed by atoms with van der Waals surface area (Å²) in [7, 11) is 1.55. The normalized spacial score (nSPS) is 11.4. The molecular formula is C17H16F3N3O2. The first-order valence-electron chi connectivity index (χ1n) is 7.26. The van der Waals surface area contributed by atoms with Gasteiger partial charge in [-0.15, -0.1) is 0 Å². The number of hydrogen-bond acceptors (Lipinski definition) is 4. The zero-order valence-corrected chi connectivity index (χ0v) is 13.3. The Morgan fingerprint density at radius 1 is 1.16 bits per heavy atom. The molecular weight excluding hydrogens is 335 g/mol. The summed E-state index contributed by atoms with van der Waals surface area (Å²) < 4.78 is 43.5. The number of alkyl halides is 3. The minimum absolute atomic E-state index is 0.0788. The van der Waals surface area contributed by atoms with Gasteiger partial charge >= 0.3 is 6.18 Å². The van der Waals surface area contributed by atoms with Crippen molar-refractivity contribution in [1.29, 1.82) is 0 Å². The van der Waals surface area contributed by atoms with Crippen molar-refractivity contribution >= 4 is 17.8 Å². The van der Waals surface area contributed by atoms with E-state index in [0.717, 1.165) is 12.3 Å². The maximum Gasteiger partial charge on any atom is 0.417 e. The first-order valence-corrected chi connectivity index (χ1v) is 7.26. The lowest BCUT2D eigenvalue weighted by atomic mass is 10.1. The average Bonchev–Trinajstić information content (AvgIpc) is 2.60. The van der Waals surface area contributed by atoms with E-state index in [-0.39, 0.29) is 12.1 Å². The zero-order chi connectivity index (χ0) is 18.3. The second-order valence-electron chi connectivity index (χ2n) is 4.96. The van der Waals surface area contributed by atoms with Gasteiger partial charge in [0.1, 0.15) is 5.75 Å². The summed E-state index contributed by atoms with van der Waals surface area (Å²) in [5, 5.41) is 6.43. The largest absolute Gasteiger partial charge is 0.497 e. The molecule has 8 heteroatoms. The fourth-order valence-electron chi connectivity index (χ4n) is 1.97. The van der Waals surface area contributed by atoms with Crippen LogP contribution >= 0.6 is 0 Å². The Morgan fingerprint density at radius 3 is 2.48 bits per heavy atom. The average molecular weight is 351 g/mol. The highest BCUT2D eigenvalue weighted by Crippen LogP contribution is 2.31. The number of rotatable bonds is 6. The molecule has 132 valence electrons. The number of nitrogens with zero attached hydrogens (tertiary/aromatic N) is 1. The van der Waals surface area contributed by atoms with Crippen molar-refractivity contribution in [3.8, 4) is 5.75 Å². The second-order valence-corrected chi connectivity index (χ2v) is 4.96. The van der Waals surface area contributed by atoms with E-state index < -0.39 is 17.6 Å². The lowest BCUT2D eigenvalue weighted by Crippen LogP contribution is -2.26. The molecule has 5 nitrogen and oxygen atoms in total. The Labute approximate surface area is 142 Å². The number of ether oxygens (including phenoxy) is 1. The van der Waals surface area contributed by atoms with Crippen molar-refractivity contribution in [3.63, 3.8) is 0 Å². The third kappa shape index (κ3) is 5.52. The molecule has 0 unspecified atom stereocenters. The topological polar surface area (TPSA) is 62.7 Å². The van der Waals surface area contributed by atoms with Gasteiger partial charge in [0, 0.05) is 11.3 Å². The summed E-state index contributed by atoms with van der Waals surface area (Å²) in [5.41, 5.74) is 1.93. The number of hydrazone groups is 1. The number of carbonyl (C=O) groups excluding carboxylic acids is 1. The molecule has 0 spiro atoms. The first-order chi connectivity index (χ1) is 11.9. The van der Waals surface area contributed by atoms with Crippen molar-refractivity contribution in [2.45, 2.75) is 6.18 Å². The predicted octanol–water partition coefficient (Wildman–Crippen LogP) is 3.28. The van der Waals surface area contributed by atoms with Crippen LogP contribution in [0.3, 0.4) is 0 Å². The van der Waals surface area contributed by atoms with Gasteiger partial charge in [-0.3, -0.25) is 4.79 Å². The van der Waals surface area contributed by atoms with Gasteiger partial charge in [0.15, 0.2) is 0 Å². The van der Waals surface area contributed by atoms with E-state index in [1.807, 2.05) is 0 Å². The van der Waals surface area contributed by atoms with Crippen LogP contribution in [-0.2, 0) is 11.0 Å². The van der Waals surface area contributed by atoms with Crippen LogP contribution in [0.15, 0.2) is 53.6 Å². The lowest BCUT2D eigenvalue weighted by Gasteiger charge is -2.09. The van der Waals surface area contributed by atoms with E-state index in [2.05, 4.69) is 15.8 Å². The molecule has 0 atom stereocenters. The number of halogens is 3. The number of hydrogen-bond donors (Lipinski definition) is 2. The first kappa shape index (κ1) is 18.3. The Hall–Kier alpha value is -3.03. The van der Waals surface area contributed by atoms with Crippen molar-refractivity contribution in [2.24, 2.45) is 5.10 Å². The monoisotopic (exact) mass is 351 g/mol. The van der Waals surface area contributed by atoms with Gasteiger partial charge < -0.3 is 10.1 Å². The summed E-state index contributed by atoms with van der Waals surface area (Å²) >= 11 is 0. The highest BCUT2D eigenvalue weighted by Gasteiger charge is 2.32. The summed E-state index contributed by atoms with van der Waals surface area (Å²) in [5.74, 6) is 0.194. The standard InChI is InChI=1S/C17H16F3N3O2/c1-25-14-8-6-13(7-9-14)21-11-16(24)23-22-10-12-4-2-3-5-15(12)17(18,19)20/h2-10,21H,11H2,1H3,(H,23,24)/b22-10-. The number of anilines is 1. The number of nitrogens with one attached hydrogen (secondary N) is 2. The molecule has 2 aromatic carbocycles. The van der Waals surface area contributed by atoms with Crippen LogP contribution in [0, 0.1) is 0 Å². The van der Waals surface area contributed by atoms with Gasteiger partial charge in [-0.25, -0.2) is 5.43 Å². The molecule has 0 aliphatic heterocycles. The Kier molecular flexibility index (Phi) is 5.99. The summed E-state index contributed by atoms with van der Waals surface area (Å²) in [6, 6.07) is 11.9. The summed E-state index contributed by atoms with van der Waals surface area (Å²) in [6.07, 6.45) is -3.52. The SMILES string of the molecule is COc1ccc(NCC(=O)N/N=C\c2ccccc2C(F)(F)F)cc1. The minimum atomic E-state index is -4.48. The van der Waals surface area contributed by atoms with Crippen LogP contribution in [0.2, 0.25) is 0 Å². The van der Waals surface area contributed by atoms with Crippen molar-refractivity contribution in [2.75, 3.05) is 19.0 Å². The van der Waals surface area contributed by atoms with Crippen LogP contribution < -0.4 is 15.5 Å². The Bertz CT molecular complexity index is 744. The van der Waals surface area contributed by atoms with Crippen LogP contribution in [0.4, 0.5) is 18.9 Å². The van der Waals surface area contributed by atoms with E-state index in [1.54, 1.807) is 31.4 Å². The fraction of sp³-hybridized carbons (Fsp3) is 0.176. The van der Waals surface area contributed by atoms with E-state index in [9.17, 15) is 18.0 Å². The Morgan fingerprint density at radius 2 is 1.84 bits per heavy atom. The molecule has 1 amide bonds. The number of benzene rings is 2. The van der Waals surface area contributed by atoms with Crippen molar-refractivity contribution < 1.29 is 22.7 Å². The number of carbonyl (C=O) groups is 1. The van der Waals surface area contributed by atoms with Gasteiger partial charge in [0.05, 0.1) is 25.4 Å². The van der Waals surface area contributed by atoms with Gasteiger partial charge in [-0.05, 0) is 30.3 Å². The molecule has 0 heterocycles. The lowest BCUT2D eigenvalue weighted by molar-refractivity contribution is -0.137. The van der Waals surface area contributed by atoms with E-state index in [1.165, 1.54) is 18.2 Å². The maximum atomic E-state index is 12.8. The molecule has 0 aliphatic rings. The molecule has 2 rings (SSSR count). The van der Waals surface area contributed by atoms with Gasteiger partial charge in [-0.2, -0.15) is 18.3 Å². The Balaban J connectivity index is 1.88. The molecule has 0 aromatic heterocycles. The van der Waals surface area contributed by atoms with Crippen LogP contribution in [0.25, 0.3) is 0 Å². The maximum absolute atomic E-state index is 12.8. The van der Waals surface area contributed by atoms with Crippen LogP contribution in [0.1, 0.15) is 11.1 Å². The van der Waals surface area contributed by atoms with Crippen molar-refractivity contribution in [3.05, 3.63) is 59.7 Å². The van der Waals surface area contributed by atoms with Gasteiger partial charge in [0.2, 0.25) is 0 Å². The van der Waals surface area contributed by atoms with Crippen molar-refractivity contribution in [1.82, 2.24) is 5.43 Å². The highest BCUT2D eigenvalue weighted by atomic mass is 19.4. The summed E-state index contributed by atoms with van der Waals surface area (Å²) in [6.45, 7) is -0.0788. The molecule has 0 saturated heterocycles. The molecule has 0 radical (unpaired) electrons. The third-order valence-corrected chi connectivity index (χ3v) is 3.20. The fourth-order valence-corrected chi connectivity index (χ4v) is 1.97. The third-order valence-electron chi connectivity index (χ3n) is 3.20. The van der Waals surface area contributed by atoms with Gasteiger partial charge in [0.25, 0.3) is 5.91 Å². The molecule has 0 bridgehead atoms. The summed E-state index contributed by atoms with van der Waals surface area (Å²) in [4.78, 5) is 11.7. The van der Waals surface area contributed by atoms with Crippen LogP contribution in [-0.4, -0.2) is 25.8 Å². The molecule has 2 N–H and O–H groups in total. The quantitative estimate of drug-likeness (QED) is 0.620. The molecule has 0 saturated carbocycles. The smallest absolute Gasteiger partial charge is 0.417 e. The van der Waals surface area contributed by atoms with Gasteiger partial charge in [-0.1, -0.05) is 18.2 Å².